The number of aromatic nitrogens is 2. The fourth-order valence-corrected chi connectivity index (χ4v) is 3.28. The average Bonchev–Trinajstić information content (AvgIpc) is 3.11. The minimum atomic E-state index is 0.105. The minimum Gasteiger partial charge on any atom is -0.493 e. The molecule has 1 aliphatic heterocycles. The van der Waals surface area contributed by atoms with E-state index in [1.807, 2.05) is 30.2 Å². The molecule has 1 aromatic carbocycles. The van der Waals surface area contributed by atoms with Gasteiger partial charge >= 0.3 is 0 Å². The van der Waals surface area contributed by atoms with Crippen LogP contribution in [0.2, 0.25) is 0 Å². The molecule has 0 spiro atoms. The number of hydrogen-bond donors (Lipinski definition) is 1. The lowest BCUT2D eigenvalue weighted by Crippen LogP contribution is -2.36. The van der Waals surface area contributed by atoms with Crippen molar-refractivity contribution in [1.29, 1.82) is 0 Å². The molecular formula is C20H29N3O3. The van der Waals surface area contributed by atoms with Gasteiger partial charge in [-0.15, -0.1) is 0 Å². The van der Waals surface area contributed by atoms with Gasteiger partial charge in [-0.1, -0.05) is 13.0 Å². The number of ether oxygens (including phenoxy) is 3. The van der Waals surface area contributed by atoms with E-state index in [1.54, 1.807) is 7.11 Å². The largest absolute Gasteiger partial charge is 0.493 e. The molecule has 2 aromatic rings. The Morgan fingerprint density at radius 3 is 2.96 bits per heavy atom. The van der Waals surface area contributed by atoms with Crippen LogP contribution >= 0.6 is 0 Å². The molecule has 1 N–H and O–H groups in total. The van der Waals surface area contributed by atoms with Gasteiger partial charge in [-0.05, 0) is 37.0 Å². The summed E-state index contributed by atoms with van der Waals surface area (Å²) in [5.74, 6) is 1.60. The Balaban J connectivity index is 1.59. The van der Waals surface area contributed by atoms with E-state index in [1.165, 1.54) is 5.56 Å². The second kappa shape index (κ2) is 9.05. The van der Waals surface area contributed by atoms with Gasteiger partial charge in [0.25, 0.3) is 0 Å². The smallest absolute Gasteiger partial charge is 0.161 e. The Hall–Kier alpha value is -2.05. The van der Waals surface area contributed by atoms with Crippen LogP contribution in [0.3, 0.4) is 0 Å². The summed E-state index contributed by atoms with van der Waals surface area (Å²) in [5, 5.41) is 3.66. The van der Waals surface area contributed by atoms with Crippen molar-refractivity contribution < 1.29 is 14.2 Å². The van der Waals surface area contributed by atoms with Crippen molar-refractivity contribution in [2.45, 2.75) is 44.9 Å². The third-order valence-electron chi connectivity index (χ3n) is 4.75. The highest BCUT2D eigenvalue weighted by Crippen LogP contribution is 2.30. The summed E-state index contributed by atoms with van der Waals surface area (Å²) in [6.45, 7) is 4.36. The second-order valence-corrected chi connectivity index (χ2v) is 6.72. The summed E-state index contributed by atoms with van der Waals surface area (Å²) in [6, 6.07) is 6.55. The maximum absolute atomic E-state index is 5.94. The number of aryl methyl sites for hydroxylation is 1. The first-order valence-electron chi connectivity index (χ1n) is 9.32. The maximum atomic E-state index is 5.94. The molecule has 1 saturated heterocycles. The van der Waals surface area contributed by atoms with Crippen LogP contribution in [0.1, 0.15) is 43.5 Å². The first kappa shape index (κ1) is 18.7. The van der Waals surface area contributed by atoms with Gasteiger partial charge in [0.05, 0.1) is 31.9 Å². The Morgan fingerprint density at radius 1 is 1.35 bits per heavy atom. The van der Waals surface area contributed by atoms with Crippen LogP contribution in [0.4, 0.5) is 0 Å². The van der Waals surface area contributed by atoms with Crippen molar-refractivity contribution in [3.05, 3.63) is 42.0 Å². The fraction of sp³-hybridized carbons (Fsp3) is 0.550. The number of nitrogens with one attached hydrogen (secondary N) is 1. The van der Waals surface area contributed by atoms with Crippen LogP contribution in [0.25, 0.3) is 0 Å². The summed E-state index contributed by atoms with van der Waals surface area (Å²) < 4.78 is 19.2. The highest BCUT2D eigenvalue weighted by molar-refractivity contribution is 5.43. The second-order valence-electron chi connectivity index (χ2n) is 6.72. The van der Waals surface area contributed by atoms with E-state index in [0.29, 0.717) is 12.6 Å². The van der Waals surface area contributed by atoms with Gasteiger partial charge in [0.1, 0.15) is 6.10 Å². The van der Waals surface area contributed by atoms with Crippen LogP contribution < -0.4 is 14.8 Å². The van der Waals surface area contributed by atoms with Crippen LogP contribution in [0, 0.1) is 0 Å². The van der Waals surface area contributed by atoms with E-state index < -0.39 is 0 Å². The molecule has 0 aliphatic carbocycles. The van der Waals surface area contributed by atoms with E-state index in [0.717, 1.165) is 49.6 Å². The van der Waals surface area contributed by atoms with Crippen LogP contribution in [0.15, 0.2) is 30.7 Å². The van der Waals surface area contributed by atoms with E-state index >= 15 is 0 Å². The summed E-state index contributed by atoms with van der Waals surface area (Å²) in [7, 11) is 3.69. The lowest BCUT2D eigenvalue weighted by molar-refractivity contribution is -0.00404. The molecule has 0 bridgehead atoms. The van der Waals surface area contributed by atoms with Crippen LogP contribution in [0.5, 0.6) is 11.5 Å². The van der Waals surface area contributed by atoms with E-state index in [-0.39, 0.29) is 6.10 Å². The Labute approximate surface area is 155 Å². The molecule has 2 heterocycles. The summed E-state index contributed by atoms with van der Waals surface area (Å²) in [5.41, 5.74) is 2.33. The van der Waals surface area contributed by atoms with Crippen molar-refractivity contribution in [3.8, 4) is 11.5 Å². The third kappa shape index (κ3) is 4.56. The van der Waals surface area contributed by atoms with Gasteiger partial charge < -0.3 is 24.1 Å². The molecule has 142 valence electrons. The van der Waals surface area contributed by atoms with Crippen LogP contribution in [-0.2, 0) is 18.3 Å². The third-order valence-corrected chi connectivity index (χ3v) is 4.75. The quantitative estimate of drug-likeness (QED) is 0.784. The molecule has 26 heavy (non-hydrogen) atoms. The summed E-state index contributed by atoms with van der Waals surface area (Å²) in [6.07, 6.45) is 6.77. The molecule has 6 heteroatoms. The van der Waals surface area contributed by atoms with Gasteiger partial charge in [0, 0.05) is 26.2 Å². The molecule has 1 aromatic heterocycles. The van der Waals surface area contributed by atoms with E-state index in [2.05, 4.69) is 29.4 Å². The molecule has 3 rings (SSSR count). The highest BCUT2D eigenvalue weighted by atomic mass is 16.5. The molecule has 1 fully saturated rings. The van der Waals surface area contributed by atoms with Crippen molar-refractivity contribution in [3.63, 3.8) is 0 Å². The first-order chi connectivity index (χ1) is 12.7. The predicted octanol–water partition coefficient (Wildman–Crippen LogP) is 3.23. The fourth-order valence-electron chi connectivity index (χ4n) is 3.28. The zero-order valence-electron chi connectivity index (χ0n) is 15.9. The molecule has 0 amide bonds. The molecule has 6 nitrogen and oxygen atoms in total. The maximum Gasteiger partial charge on any atom is 0.161 e. The number of nitrogens with zero attached hydrogens (tertiary/aromatic N) is 2. The molecule has 0 unspecified atom stereocenters. The molecule has 1 aliphatic rings. The van der Waals surface area contributed by atoms with Gasteiger partial charge in [-0.3, -0.25) is 0 Å². The molecule has 0 radical (unpaired) electrons. The average molecular weight is 359 g/mol. The minimum absolute atomic E-state index is 0.105. The number of rotatable bonds is 8. The van der Waals surface area contributed by atoms with Crippen molar-refractivity contribution in [2.75, 3.05) is 20.3 Å². The van der Waals surface area contributed by atoms with Crippen molar-refractivity contribution in [1.82, 2.24) is 14.9 Å². The molecule has 2 atom stereocenters. The lowest BCUT2D eigenvalue weighted by Gasteiger charge is -2.30. The number of imidazole rings is 1. The standard InChI is InChI=1S/C20H29N3O3/c1-4-8-25-20-10-15(5-6-18(20)24-3)12-22-16-7-9-26-19(11-16)17-13-21-14-23(17)2/h5-6,10,13-14,16,19,22H,4,7-9,11-12H2,1-3H3/t16-,19-/m1/s1. The normalized spacial score (nSPS) is 20.1. The Kier molecular flexibility index (Phi) is 6.52. The van der Waals surface area contributed by atoms with E-state index in [9.17, 15) is 0 Å². The molecular weight excluding hydrogens is 330 g/mol. The SMILES string of the molecule is CCCOc1cc(CN[C@@H]2CCO[C@@H](c3cncn3C)C2)ccc1OC. The Morgan fingerprint density at radius 2 is 2.23 bits per heavy atom. The van der Waals surface area contributed by atoms with Gasteiger partial charge in [0.15, 0.2) is 11.5 Å². The van der Waals surface area contributed by atoms with Gasteiger partial charge in [0.2, 0.25) is 0 Å². The zero-order valence-corrected chi connectivity index (χ0v) is 15.9. The highest BCUT2D eigenvalue weighted by Gasteiger charge is 2.25. The van der Waals surface area contributed by atoms with E-state index in [4.69, 9.17) is 14.2 Å². The molecule has 0 saturated carbocycles. The number of benzene rings is 1. The predicted molar refractivity (Wildman–Crippen MR) is 101 cm³/mol. The summed E-state index contributed by atoms with van der Waals surface area (Å²) >= 11 is 0. The number of hydrogen-bond acceptors (Lipinski definition) is 5. The Bertz CT molecular complexity index is 701. The van der Waals surface area contributed by atoms with Crippen molar-refractivity contribution >= 4 is 0 Å². The van der Waals surface area contributed by atoms with Gasteiger partial charge in [-0.25, -0.2) is 4.98 Å². The first-order valence-corrected chi connectivity index (χ1v) is 9.32. The number of methoxy groups -OCH3 is 1. The monoisotopic (exact) mass is 359 g/mol. The van der Waals surface area contributed by atoms with Crippen molar-refractivity contribution in [2.24, 2.45) is 7.05 Å². The van der Waals surface area contributed by atoms with Crippen LogP contribution in [-0.4, -0.2) is 35.9 Å². The topological polar surface area (TPSA) is 57.5 Å². The van der Waals surface area contributed by atoms with Gasteiger partial charge in [-0.2, -0.15) is 0 Å². The zero-order chi connectivity index (χ0) is 18.4. The summed E-state index contributed by atoms with van der Waals surface area (Å²) in [4.78, 5) is 4.20. The lowest BCUT2D eigenvalue weighted by atomic mass is 10.0.